The second kappa shape index (κ2) is 7.19. The zero-order valence-corrected chi connectivity index (χ0v) is 10.8. The molecule has 0 amide bonds. The van der Waals surface area contributed by atoms with Gasteiger partial charge in [0, 0.05) is 23.1 Å². The van der Waals surface area contributed by atoms with E-state index < -0.39 is 0 Å². The van der Waals surface area contributed by atoms with Crippen molar-refractivity contribution < 1.29 is 9.57 Å². The molecule has 1 aromatic carbocycles. The van der Waals surface area contributed by atoms with Crippen molar-refractivity contribution in [2.75, 3.05) is 20.3 Å². The van der Waals surface area contributed by atoms with Crippen LogP contribution < -0.4 is 5.48 Å². The molecule has 1 N–H and O–H groups in total. The Labute approximate surface area is 103 Å². The summed E-state index contributed by atoms with van der Waals surface area (Å²) < 4.78 is 5.84. The summed E-state index contributed by atoms with van der Waals surface area (Å²) in [4.78, 5) is 5.12. The molecule has 5 heteroatoms. The maximum atomic E-state index is 6.00. The van der Waals surface area contributed by atoms with Gasteiger partial charge in [0.15, 0.2) is 0 Å². The second-order valence-corrected chi connectivity index (χ2v) is 4.22. The van der Waals surface area contributed by atoms with Crippen LogP contribution in [0.3, 0.4) is 0 Å². The molecular formula is C10H13BrClNO2. The summed E-state index contributed by atoms with van der Waals surface area (Å²) in [6.07, 6.45) is 0. The first-order valence-electron chi connectivity index (χ1n) is 4.51. The molecule has 0 saturated carbocycles. The summed E-state index contributed by atoms with van der Waals surface area (Å²) >= 11 is 9.38. The number of benzene rings is 1. The van der Waals surface area contributed by atoms with Gasteiger partial charge in [-0.05, 0) is 23.8 Å². The predicted molar refractivity (Wildman–Crippen MR) is 63.8 cm³/mol. The fourth-order valence-corrected chi connectivity index (χ4v) is 1.60. The van der Waals surface area contributed by atoms with E-state index in [0.29, 0.717) is 19.8 Å². The van der Waals surface area contributed by atoms with Crippen molar-refractivity contribution in [3.05, 3.63) is 33.3 Å². The van der Waals surface area contributed by atoms with Crippen molar-refractivity contribution in [3.63, 3.8) is 0 Å². The van der Waals surface area contributed by atoms with E-state index in [1.165, 1.54) is 0 Å². The van der Waals surface area contributed by atoms with Gasteiger partial charge in [-0.2, -0.15) is 5.48 Å². The Morgan fingerprint density at radius 2 is 2.20 bits per heavy atom. The van der Waals surface area contributed by atoms with Crippen molar-refractivity contribution in [2.45, 2.75) is 6.54 Å². The van der Waals surface area contributed by atoms with Crippen molar-refractivity contribution in [3.8, 4) is 0 Å². The van der Waals surface area contributed by atoms with Gasteiger partial charge in [0.2, 0.25) is 0 Å². The highest BCUT2D eigenvalue weighted by molar-refractivity contribution is 9.10. The number of ether oxygens (including phenoxy) is 1. The number of methoxy groups -OCH3 is 1. The molecule has 15 heavy (non-hydrogen) atoms. The minimum Gasteiger partial charge on any atom is -0.382 e. The van der Waals surface area contributed by atoms with E-state index in [2.05, 4.69) is 21.4 Å². The molecule has 1 aromatic rings. The number of hydrogen-bond donors (Lipinski definition) is 1. The third-order valence-electron chi connectivity index (χ3n) is 1.76. The van der Waals surface area contributed by atoms with Crippen molar-refractivity contribution in [2.24, 2.45) is 0 Å². The van der Waals surface area contributed by atoms with E-state index in [9.17, 15) is 0 Å². The molecule has 1 rings (SSSR count). The van der Waals surface area contributed by atoms with Crippen LogP contribution >= 0.6 is 27.5 Å². The van der Waals surface area contributed by atoms with Gasteiger partial charge < -0.3 is 4.74 Å². The van der Waals surface area contributed by atoms with Crippen LogP contribution in [0, 0.1) is 0 Å². The standard InChI is InChI=1S/C10H13BrClNO2/c1-14-4-5-15-13-7-8-6-9(11)2-3-10(8)12/h2-3,6,13H,4-5,7H2,1H3. The monoisotopic (exact) mass is 293 g/mol. The van der Waals surface area contributed by atoms with Crippen LogP contribution in [0.4, 0.5) is 0 Å². The fraction of sp³-hybridized carbons (Fsp3) is 0.400. The molecule has 0 aliphatic rings. The van der Waals surface area contributed by atoms with Crippen LogP contribution in [-0.2, 0) is 16.1 Å². The van der Waals surface area contributed by atoms with E-state index >= 15 is 0 Å². The Hall–Kier alpha value is -0.130. The average molecular weight is 295 g/mol. The number of nitrogens with one attached hydrogen (secondary N) is 1. The molecule has 0 bridgehead atoms. The number of halogens is 2. The van der Waals surface area contributed by atoms with E-state index in [-0.39, 0.29) is 0 Å². The van der Waals surface area contributed by atoms with Gasteiger partial charge >= 0.3 is 0 Å². The van der Waals surface area contributed by atoms with E-state index in [1.807, 2.05) is 18.2 Å². The first kappa shape index (κ1) is 12.9. The van der Waals surface area contributed by atoms with Gasteiger partial charge in [0.1, 0.15) is 0 Å². The predicted octanol–water partition coefficient (Wildman–Crippen LogP) is 2.77. The molecule has 0 aliphatic carbocycles. The smallest absolute Gasteiger partial charge is 0.0916 e. The third kappa shape index (κ3) is 4.95. The highest BCUT2D eigenvalue weighted by Gasteiger charge is 2.00. The topological polar surface area (TPSA) is 30.5 Å². The zero-order valence-electron chi connectivity index (χ0n) is 8.43. The summed E-state index contributed by atoms with van der Waals surface area (Å²) in [5, 5.41) is 0.723. The maximum absolute atomic E-state index is 6.00. The molecule has 0 atom stereocenters. The number of rotatable bonds is 6. The van der Waals surface area contributed by atoms with Gasteiger partial charge in [0.25, 0.3) is 0 Å². The first-order chi connectivity index (χ1) is 7.24. The van der Waals surface area contributed by atoms with Crippen molar-refractivity contribution in [1.29, 1.82) is 0 Å². The molecule has 0 fully saturated rings. The number of hydrogen-bond acceptors (Lipinski definition) is 3. The molecule has 3 nitrogen and oxygen atoms in total. The maximum Gasteiger partial charge on any atom is 0.0916 e. The van der Waals surface area contributed by atoms with Gasteiger partial charge in [-0.15, -0.1) is 0 Å². The average Bonchev–Trinajstić information content (AvgIpc) is 2.23. The first-order valence-corrected chi connectivity index (χ1v) is 5.68. The Morgan fingerprint density at radius 3 is 2.93 bits per heavy atom. The third-order valence-corrected chi connectivity index (χ3v) is 2.62. The molecule has 0 radical (unpaired) electrons. The summed E-state index contributed by atoms with van der Waals surface area (Å²) in [6.45, 7) is 1.66. The Morgan fingerprint density at radius 1 is 1.40 bits per heavy atom. The van der Waals surface area contributed by atoms with Crippen molar-refractivity contribution >= 4 is 27.5 Å². The van der Waals surface area contributed by atoms with Gasteiger partial charge in [-0.1, -0.05) is 27.5 Å². The second-order valence-electron chi connectivity index (χ2n) is 2.90. The minimum atomic E-state index is 0.516. The lowest BCUT2D eigenvalue weighted by Gasteiger charge is -2.07. The highest BCUT2D eigenvalue weighted by Crippen LogP contribution is 2.20. The van der Waals surface area contributed by atoms with Crippen LogP contribution in [0.2, 0.25) is 5.02 Å². The lowest BCUT2D eigenvalue weighted by atomic mass is 10.2. The normalized spacial score (nSPS) is 10.6. The summed E-state index contributed by atoms with van der Waals surface area (Å²) in [5.74, 6) is 0. The van der Waals surface area contributed by atoms with E-state index in [4.69, 9.17) is 21.2 Å². The highest BCUT2D eigenvalue weighted by atomic mass is 79.9. The molecule has 84 valence electrons. The Balaban J connectivity index is 2.33. The van der Waals surface area contributed by atoms with Gasteiger partial charge in [-0.3, -0.25) is 4.84 Å². The van der Waals surface area contributed by atoms with Crippen LogP contribution in [0.1, 0.15) is 5.56 Å². The SMILES string of the molecule is COCCONCc1cc(Br)ccc1Cl. The van der Waals surface area contributed by atoms with E-state index in [1.54, 1.807) is 7.11 Å². The fourth-order valence-electron chi connectivity index (χ4n) is 1.00. The molecule has 0 heterocycles. The molecule has 0 aromatic heterocycles. The minimum absolute atomic E-state index is 0.516. The van der Waals surface area contributed by atoms with Crippen LogP contribution in [0.25, 0.3) is 0 Å². The van der Waals surface area contributed by atoms with Crippen molar-refractivity contribution in [1.82, 2.24) is 5.48 Å². The molecule has 0 spiro atoms. The Bertz CT molecular complexity index is 309. The van der Waals surface area contributed by atoms with Gasteiger partial charge in [0.05, 0.1) is 13.2 Å². The zero-order chi connectivity index (χ0) is 11.1. The van der Waals surface area contributed by atoms with Gasteiger partial charge in [-0.25, -0.2) is 0 Å². The van der Waals surface area contributed by atoms with Crippen LogP contribution in [-0.4, -0.2) is 20.3 Å². The summed E-state index contributed by atoms with van der Waals surface area (Å²) in [7, 11) is 1.63. The Kier molecular flexibility index (Phi) is 6.20. The lowest BCUT2D eigenvalue weighted by molar-refractivity contribution is 0.00347. The molecule has 0 saturated heterocycles. The summed E-state index contributed by atoms with van der Waals surface area (Å²) in [6, 6.07) is 5.70. The molecule has 0 unspecified atom stereocenters. The van der Waals surface area contributed by atoms with Crippen LogP contribution in [0.5, 0.6) is 0 Å². The van der Waals surface area contributed by atoms with E-state index in [0.717, 1.165) is 15.1 Å². The number of hydroxylamine groups is 1. The molecular weight excluding hydrogens is 281 g/mol. The van der Waals surface area contributed by atoms with Crippen LogP contribution in [0.15, 0.2) is 22.7 Å². The lowest BCUT2D eigenvalue weighted by Crippen LogP contribution is -2.17. The largest absolute Gasteiger partial charge is 0.382 e. The molecule has 0 aliphatic heterocycles. The summed E-state index contributed by atoms with van der Waals surface area (Å²) in [5.41, 5.74) is 3.81. The quantitative estimate of drug-likeness (QED) is 0.646.